The molecule has 0 aliphatic heterocycles. The molecule has 0 aromatic carbocycles. The van der Waals surface area contributed by atoms with Crippen LogP contribution in [0, 0.1) is 13.8 Å². The van der Waals surface area contributed by atoms with Gasteiger partial charge < -0.3 is 5.43 Å². The van der Waals surface area contributed by atoms with E-state index in [1.54, 1.807) is 0 Å². The Kier molecular flexibility index (Phi) is 3.22. The monoisotopic (exact) mass is 302 g/mol. The average molecular weight is 303 g/mol. The fraction of sp³-hybridized carbons (Fsp3) is 0.375. The lowest BCUT2D eigenvalue weighted by molar-refractivity contribution is 0.645. The Labute approximate surface area is 105 Å². The number of hydrogen-bond donors (Lipinski definition) is 2. The minimum absolute atomic E-state index is 0.564. The number of rotatable bonds is 3. The van der Waals surface area contributed by atoms with E-state index >= 15 is 0 Å². The first-order valence-electron chi connectivity index (χ1n) is 4.60. The van der Waals surface area contributed by atoms with Gasteiger partial charge in [-0.05, 0) is 29.8 Å². The summed E-state index contributed by atoms with van der Waals surface area (Å²) >= 11 is 4.72. The number of hydrazine groups is 1. The first-order chi connectivity index (χ1) is 7.63. The number of nitrogens with two attached hydrogens (primary N) is 1. The molecule has 0 unspecified atom stereocenters. The van der Waals surface area contributed by atoms with E-state index in [4.69, 9.17) is 5.84 Å². The van der Waals surface area contributed by atoms with E-state index in [2.05, 4.69) is 36.0 Å². The van der Waals surface area contributed by atoms with Gasteiger partial charge in [-0.15, -0.1) is 5.10 Å². The van der Waals surface area contributed by atoms with Gasteiger partial charge in [0.15, 0.2) is 0 Å². The molecule has 0 spiro atoms. The van der Waals surface area contributed by atoms with E-state index in [9.17, 15) is 0 Å². The number of aromatic nitrogens is 4. The molecule has 8 heteroatoms. The number of nitrogens with zero attached hydrogens (tertiary/aromatic N) is 4. The highest BCUT2D eigenvalue weighted by Gasteiger charge is 2.12. The first kappa shape index (κ1) is 11.5. The molecule has 0 aliphatic carbocycles. The number of aryl methyl sites for hydroxylation is 1. The lowest BCUT2D eigenvalue weighted by Crippen LogP contribution is -2.10. The van der Waals surface area contributed by atoms with Crippen LogP contribution in [0.2, 0.25) is 0 Å². The number of anilines is 1. The van der Waals surface area contributed by atoms with Crippen LogP contribution < -0.4 is 11.3 Å². The third-order valence-corrected chi connectivity index (χ3v) is 4.13. The maximum absolute atomic E-state index is 5.36. The summed E-state index contributed by atoms with van der Waals surface area (Å²) < 4.78 is 6.74. The molecular weight excluding hydrogens is 292 g/mol. The first-order valence-corrected chi connectivity index (χ1v) is 6.17. The molecule has 0 bridgehead atoms. The van der Waals surface area contributed by atoms with Crippen molar-refractivity contribution in [3.05, 3.63) is 21.6 Å². The van der Waals surface area contributed by atoms with Crippen molar-refractivity contribution in [3.63, 3.8) is 0 Å². The lowest BCUT2D eigenvalue weighted by atomic mass is 10.4. The summed E-state index contributed by atoms with van der Waals surface area (Å²) in [5.41, 5.74) is 5.40. The van der Waals surface area contributed by atoms with Crippen LogP contribution in [-0.4, -0.2) is 19.4 Å². The lowest BCUT2D eigenvalue weighted by Gasteiger charge is -2.03. The highest BCUT2D eigenvalue weighted by Crippen LogP contribution is 2.22. The van der Waals surface area contributed by atoms with Crippen LogP contribution >= 0.6 is 27.5 Å². The van der Waals surface area contributed by atoms with Gasteiger partial charge >= 0.3 is 0 Å². The van der Waals surface area contributed by atoms with Crippen LogP contribution in [0.15, 0.2) is 4.47 Å². The van der Waals surface area contributed by atoms with Gasteiger partial charge in [-0.2, -0.15) is 5.10 Å². The Morgan fingerprint density at radius 3 is 2.81 bits per heavy atom. The second kappa shape index (κ2) is 4.48. The van der Waals surface area contributed by atoms with Gasteiger partial charge in [0, 0.05) is 11.5 Å². The zero-order valence-electron chi connectivity index (χ0n) is 8.86. The fourth-order valence-electron chi connectivity index (χ4n) is 1.39. The summed E-state index contributed by atoms with van der Waals surface area (Å²) in [4.78, 5) is 0. The predicted molar refractivity (Wildman–Crippen MR) is 66.2 cm³/mol. The summed E-state index contributed by atoms with van der Waals surface area (Å²) in [6, 6.07) is 0. The van der Waals surface area contributed by atoms with Crippen molar-refractivity contribution >= 4 is 32.5 Å². The Balaban J connectivity index is 2.30. The summed E-state index contributed by atoms with van der Waals surface area (Å²) in [5, 5.41) is 9.18. The van der Waals surface area contributed by atoms with Crippen molar-refractivity contribution in [1.29, 1.82) is 0 Å². The molecule has 0 fully saturated rings. The van der Waals surface area contributed by atoms with E-state index in [1.165, 1.54) is 11.5 Å². The SMILES string of the molecule is Cc1nn(Cc2nnsc2NN)c(C)c1Br. The zero-order valence-corrected chi connectivity index (χ0v) is 11.3. The summed E-state index contributed by atoms with van der Waals surface area (Å²) in [6.07, 6.45) is 0. The molecule has 0 radical (unpaired) electrons. The second-order valence-electron chi connectivity index (χ2n) is 3.34. The number of nitrogens with one attached hydrogen (secondary N) is 1. The van der Waals surface area contributed by atoms with Crippen LogP contribution in [0.3, 0.4) is 0 Å². The Morgan fingerprint density at radius 2 is 2.25 bits per heavy atom. The van der Waals surface area contributed by atoms with Crippen LogP contribution in [0.4, 0.5) is 5.00 Å². The fourth-order valence-corrected chi connectivity index (χ4v) is 2.16. The van der Waals surface area contributed by atoms with Gasteiger partial charge in [-0.1, -0.05) is 4.49 Å². The van der Waals surface area contributed by atoms with Crippen molar-refractivity contribution in [3.8, 4) is 0 Å². The van der Waals surface area contributed by atoms with Gasteiger partial charge in [-0.3, -0.25) is 4.68 Å². The molecule has 0 saturated heterocycles. The minimum atomic E-state index is 0.564. The molecule has 2 rings (SSSR count). The highest BCUT2D eigenvalue weighted by molar-refractivity contribution is 9.10. The maximum atomic E-state index is 5.36. The molecule has 0 amide bonds. The molecule has 86 valence electrons. The summed E-state index contributed by atoms with van der Waals surface area (Å²) in [5.74, 6) is 5.36. The molecule has 2 aromatic rings. The summed E-state index contributed by atoms with van der Waals surface area (Å²) in [6.45, 7) is 4.52. The van der Waals surface area contributed by atoms with Crippen LogP contribution in [0.5, 0.6) is 0 Å². The molecule has 3 N–H and O–H groups in total. The van der Waals surface area contributed by atoms with E-state index in [1.807, 2.05) is 18.5 Å². The zero-order chi connectivity index (χ0) is 11.7. The van der Waals surface area contributed by atoms with Crippen molar-refractivity contribution in [2.45, 2.75) is 20.4 Å². The highest BCUT2D eigenvalue weighted by atomic mass is 79.9. The van der Waals surface area contributed by atoms with Crippen molar-refractivity contribution in [1.82, 2.24) is 19.4 Å². The number of halogens is 1. The van der Waals surface area contributed by atoms with Crippen molar-refractivity contribution in [2.24, 2.45) is 5.84 Å². The molecule has 2 heterocycles. The van der Waals surface area contributed by atoms with Gasteiger partial charge in [0.2, 0.25) is 0 Å². The van der Waals surface area contributed by atoms with Crippen LogP contribution in [0.1, 0.15) is 17.1 Å². The van der Waals surface area contributed by atoms with Crippen LogP contribution in [0.25, 0.3) is 0 Å². The molecule has 0 saturated carbocycles. The molecule has 2 aromatic heterocycles. The average Bonchev–Trinajstić information content (AvgIpc) is 2.81. The van der Waals surface area contributed by atoms with Gasteiger partial charge in [0.05, 0.1) is 22.4 Å². The van der Waals surface area contributed by atoms with Gasteiger partial charge in [0.25, 0.3) is 0 Å². The van der Waals surface area contributed by atoms with E-state index in [0.29, 0.717) is 6.54 Å². The smallest absolute Gasteiger partial charge is 0.149 e. The molecule has 0 atom stereocenters. The van der Waals surface area contributed by atoms with Crippen molar-refractivity contribution < 1.29 is 0 Å². The number of hydrogen-bond acceptors (Lipinski definition) is 6. The van der Waals surface area contributed by atoms with E-state index in [0.717, 1.165) is 26.6 Å². The third kappa shape index (κ3) is 1.95. The standard InChI is InChI=1S/C8H11BrN6S/c1-4-7(9)5(2)15(13-4)3-6-8(11-10)16-14-12-6/h11H,3,10H2,1-2H3. The Hall–Kier alpha value is -0.990. The normalized spacial score (nSPS) is 10.8. The second-order valence-corrected chi connectivity index (χ2v) is 4.88. The van der Waals surface area contributed by atoms with Gasteiger partial charge in [-0.25, -0.2) is 5.84 Å². The quantitative estimate of drug-likeness (QED) is 0.662. The largest absolute Gasteiger partial charge is 0.313 e. The molecule has 0 aliphatic rings. The third-order valence-electron chi connectivity index (χ3n) is 2.28. The minimum Gasteiger partial charge on any atom is -0.313 e. The molecular formula is C8H11BrN6S. The predicted octanol–water partition coefficient (Wildman–Crippen LogP) is 1.45. The van der Waals surface area contributed by atoms with Gasteiger partial charge in [0.1, 0.15) is 10.7 Å². The molecule has 6 nitrogen and oxygen atoms in total. The summed E-state index contributed by atoms with van der Waals surface area (Å²) in [7, 11) is 0. The van der Waals surface area contributed by atoms with Crippen LogP contribution in [-0.2, 0) is 6.54 Å². The van der Waals surface area contributed by atoms with E-state index < -0.39 is 0 Å². The topological polar surface area (TPSA) is 81.7 Å². The Morgan fingerprint density at radius 1 is 1.50 bits per heavy atom. The Bertz CT molecular complexity index is 505. The maximum Gasteiger partial charge on any atom is 0.149 e. The van der Waals surface area contributed by atoms with E-state index in [-0.39, 0.29) is 0 Å². The number of nitrogen functional groups attached to an aromatic ring is 1. The molecule has 16 heavy (non-hydrogen) atoms. The van der Waals surface area contributed by atoms with Crippen molar-refractivity contribution in [2.75, 3.05) is 5.43 Å².